The van der Waals surface area contributed by atoms with Crippen LogP contribution in [-0.4, -0.2) is 21.2 Å². The fourth-order valence-corrected chi connectivity index (χ4v) is 3.78. The summed E-state index contributed by atoms with van der Waals surface area (Å²) >= 11 is 3.35. The molecule has 0 unspecified atom stereocenters. The molecule has 0 spiro atoms. The first-order chi connectivity index (χ1) is 9.01. The number of aryl methyl sites for hydroxylation is 1. The van der Waals surface area contributed by atoms with E-state index in [2.05, 4.69) is 50.1 Å². The third kappa shape index (κ3) is 3.30. The number of nitrogens with one attached hydrogen (secondary N) is 1. The summed E-state index contributed by atoms with van der Waals surface area (Å²) in [5.74, 6) is 0.463. The molecule has 0 saturated carbocycles. The zero-order chi connectivity index (χ0) is 14.0. The first-order valence-electron chi connectivity index (χ1n) is 6.61. The van der Waals surface area contributed by atoms with Gasteiger partial charge in [0.15, 0.2) is 5.01 Å². The van der Waals surface area contributed by atoms with Gasteiger partial charge in [0.05, 0.1) is 15.6 Å². The molecule has 0 saturated heterocycles. The van der Waals surface area contributed by atoms with Gasteiger partial charge in [-0.15, -0.1) is 21.5 Å². The molecule has 104 valence electrons. The Hall–Kier alpha value is -1.01. The van der Waals surface area contributed by atoms with Gasteiger partial charge < -0.3 is 5.32 Å². The van der Waals surface area contributed by atoms with Crippen LogP contribution in [0.15, 0.2) is 0 Å². The smallest absolute Gasteiger partial charge is 0.206 e. The SMILES string of the molecule is CCc1nc(C(C)C)sc1-c1nnc(NC(C)C)s1. The van der Waals surface area contributed by atoms with E-state index in [0.717, 1.165) is 22.3 Å². The molecule has 1 N–H and O–H groups in total. The van der Waals surface area contributed by atoms with Gasteiger partial charge in [0.1, 0.15) is 0 Å². The maximum absolute atomic E-state index is 4.71. The number of anilines is 1. The highest BCUT2D eigenvalue weighted by Gasteiger charge is 2.17. The van der Waals surface area contributed by atoms with Gasteiger partial charge in [0, 0.05) is 12.0 Å². The molecule has 4 nitrogen and oxygen atoms in total. The molecule has 0 aliphatic carbocycles. The van der Waals surface area contributed by atoms with Crippen LogP contribution in [0.2, 0.25) is 0 Å². The molecule has 0 radical (unpaired) electrons. The van der Waals surface area contributed by atoms with E-state index in [-0.39, 0.29) is 0 Å². The van der Waals surface area contributed by atoms with Crippen LogP contribution in [0.25, 0.3) is 9.88 Å². The van der Waals surface area contributed by atoms with Gasteiger partial charge in [-0.1, -0.05) is 32.1 Å². The van der Waals surface area contributed by atoms with Crippen molar-refractivity contribution in [3.05, 3.63) is 10.7 Å². The van der Waals surface area contributed by atoms with Crippen molar-refractivity contribution in [2.45, 2.75) is 53.0 Å². The molecule has 0 fully saturated rings. The molecule has 0 atom stereocenters. The van der Waals surface area contributed by atoms with E-state index in [9.17, 15) is 0 Å². The van der Waals surface area contributed by atoms with E-state index < -0.39 is 0 Å². The van der Waals surface area contributed by atoms with Crippen LogP contribution in [0, 0.1) is 0 Å². The molecule has 0 aromatic carbocycles. The Labute approximate surface area is 122 Å². The van der Waals surface area contributed by atoms with E-state index in [1.54, 1.807) is 22.7 Å². The lowest BCUT2D eigenvalue weighted by atomic mass is 10.2. The number of rotatable bonds is 5. The maximum Gasteiger partial charge on any atom is 0.206 e. The molecule has 0 aliphatic rings. The standard InChI is InChI=1S/C13H20N4S2/c1-6-9-10(18-11(15-9)7(2)3)12-16-17-13(19-12)14-8(4)5/h7-8H,6H2,1-5H3,(H,14,17). The molecule has 19 heavy (non-hydrogen) atoms. The Bertz CT molecular complexity index is 543. The lowest BCUT2D eigenvalue weighted by molar-refractivity contribution is 0.840. The Morgan fingerprint density at radius 3 is 2.42 bits per heavy atom. The van der Waals surface area contributed by atoms with Gasteiger partial charge in [-0.25, -0.2) is 4.98 Å². The molecule has 0 bridgehead atoms. The predicted molar refractivity (Wildman–Crippen MR) is 83.2 cm³/mol. The van der Waals surface area contributed by atoms with Crippen LogP contribution in [0.1, 0.15) is 51.2 Å². The van der Waals surface area contributed by atoms with Gasteiger partial charge >= 0.3 is 0 Å². The van der Waals surface area contributed by atoms with Crippen molar-refractivity contribution >= 4 is 27.8 Å². The third-order valence-electron chi connectivity index (χ3n) is 2.57. The van der Waals surface area contributed by atoms with Crippen molar-refractivity contribution in [1.29, 1.82) is 0 Å². The summed E-state index contributed by atoms with van der Waals surface area (Å²) in [6.45, 7) is 10.7. The number of aromatic nitrogens is 3. The fourth-order valence-electron chi connectivity index (χ4n) is 1.64. The molecule has 2 heterocycles. The van der Waals surface area contributed by atoms with Crippen molar-refractivity contribution in [1.82, 2.24) is 15.2 Å². The minimum atomic E-state index is 0.374. The van der Waals surface area contributed by atoms with Gasteiger partial charge in [-0.2, -0.15) is 0 Å². The van der Waals surface area contributed by atoms with Crippen molar-refractivity contribution in [3.8, 4) is 9.88 Å². The number of hydrogen-bond acceptors (Lipinski definition) is 6. The van der Waals surface area contributed by atoms with E-state index >= 15 is 0 Å². The molecule has 2 rings (SSSR count). The normalized spacial score (nSPS) is 11.5. The molecule has 0 aliphatic heterocycles. The lowest BCUT2D eigenvalue weighted by Crippen LogP contribution is -2.08. The highest BCUT2D eigenvalue weighted by Crippen LogP contribution is 2.36. The minimum Gasteiger partial charge on any atom is -0.358 e. The zero-order valence-corrected chi connectivity index (χ0v) is 13.7. The van der Waals surface area contributed by atoms with E-state index in [1.165, 1.54) is 9.88 Å². The number of thiazole rings is 1. The van der Waals surface area contributed by atoms with Crippen LogP contribution >= 0.6 is 22.7 Å². The second-order valence-corrected chi connectivity index (χ2v) is 7.06. The minimum absolute atomic E-state index is 0.374. The van der Waals surface area contributed by atoms with E-state index in [4.69, 9.17) is 4.98 Å². The van der Waals surface area contributed by atoms with E-state index in [1.807, 2.05) is 0 Å². The molecular weight excluding hydrogens is 276 g/mol. The summed E-state index contributed by atoms with van der Waals surface area (Å²) in [5.41, 5.74) is 1.14. The lowest BCUT2D eigenvalue weighted by Gasteiger charge is -2.03. The second-order valence-electron chi connectivity index (χ2n) is 5.05. The second kappa shape index (κ2) is 5.96. The quantitative estimate of drug-likeness (QED) is 0.899. The van der Waals surface area contributed by atoms with Crippen LogP contribution in [0.4, 0.5) is 5.13 Å². The molecular formula is C13H20N4S2. The first-order valence-corrected chi connectivity index (χ1v) is 8.24. The highest BCUT2D eigenvalue weighted by atomic mass is 32.1. The van der Waals surface area contributed by atoms with Gasteiger partial charge in [-0.05, 0) is 20.3 Å². The van der Waals surface area contributed by atoms with Crippen molar-refractivity contribution in [2.24, 2.45) is 0 Å². The van der Waals surface area contributed by atoms with Crippen molar-refractivity contribution in [2.75, 3.05) is 5.32 Å². The van der Waals surface area contributed by atoms with Crippen molar-refractivity contribution < 1.29 is 0 Å². The summed E-state index contributed by atoms with van der Waals surface area (Å²) in [4.78, 5) is 5.89. The number of hydrogen-bond donors (Lipinski definition) is 1. The molecule has 0 amide bonds. The van der Waals surface area contributed by atoms with Crippen LogP contribution in [0.3, 0.4) is 0 Å². The predicted octanol–water partition coefficient (Wildman–Crippen LogP) is 4.17. The van der Waals surface area contributed by atoms with Gasteiger partial charge in [0.2, 0.25) is 5.13 Å². The van der Waals surface area contributed by atoms with E-state index in [0.29, 0.717) is 12.0 Å². The first kappa shape index (κ1) is 14.4. The maximum atomic E-state index is 4.71. The summed E-state index contributed by atoms with van der Waals surface area (Å²) in [5, 5.41) is 14.8. The zero-order valence-electron chi connectivity index (χ0n) is 12.0. The Balaban J connectivity index is 2.32. The third-order valence-corrected chi connectivity index (χ3v) is 4.98. The van der Waals surface area contributed by atoms with Gasteiger partial charge in [-0.3, -0.25) is 0 Å². The van der Waals surface area contributed by atoms with Gasteiger partial charge in [0.25, 0.3) is 0 Å². The largest absolute Gasteiger partial charge is 0.358 e. The Kier molecular flexibility index (Phi) is 4.52. The summed E-state index contributed by atoms with van der Waals surface area (Å²) < 4.78 is 0. The summed E-state index contributed by atoms with van der Waals surface area (Å²) in [7, 11) is 0. The average Bonchev–Trinajstić information content (AvgIpc) is 2.93. The highest BCUT2D eigenvalue weighted by molar-refractivity contribution is 7.23. The Morgan fingerprint density at radius 2 is 1.84 bits per heavy atom. The van der Waals surface area contributed by atoms with Crippen LogP contribution < -0.4 is 5.32 Å². The summed E-state index contributed by atoms with van der Waals surface area (Å²) in [6.07, 6.45) is 0.936. The summed E-state index contributed by atoms with van der Waals surface area (Å²) in [6, 6.07) is 0.374. The van der Waals surface area contributed by atoms with Crippen LogP contribution in [0.5, 0.6) is 0 Å². The van der Waals surface area contributed by atoms with Crippen LogP contribution in [-0.2, 0) is 6.42 Å². The fraction of sp³-hybridized carbons (Fsp3) is 0.615. The Morgan fingerprint density at radius 1 is 1.11 bits per heavy atom. The topological polar surface area (TPSA) is 50.7 Å². The monoisotopic (exact) mass is 296 g/mol. The average molecular weight is 296 g/mol. The number of nitrogens with zero attached hydrogens (tertiary/aromatic N) is 3. The van der Waals surface area contributed by atoms with Crippen molar-refractivity contribution in [3.63, 3.8) is 0 Å². The molecule has 2 aromatic heterocycles. The molecule has 2 aromatic rings. The molecule has 6 heteroatoms.